The zero-order valence-electron chi connectivity index (χ0n) is 18.6. The second kappa shape index (κ2) is 10.2. The molecule has 1 heterocycles. The molecule has 0 bridgehead atoms. The maximum absolute atomic E-state index is 14.2. The van der Waals surface area contributed by atoms with Crippen molar-refractivity contribution in [3.05, 3.63) is 90.2 Å². The smallest absolute Gasteiger partial charge is 0.244 e. The Bertz CT molecular complexity index is 1250. The third-order valence-electron chi connectivity index (χ3n) is 5.43. The van der Waals surface area contributed by atoms with Gasteiger partial charge in [0, 0.05) is 7.05 Å². The van der Waals surface area contributed by atoms with Gasteiger partial charge >= 0.3 is 0 Å². The van der Waals surface area contributed by atoms with E-state index in [1.54, 1.807) is 43.4 Å². The molecule has 0 saturated carbocycles. The zero-order chi connectivity index (χ0) is 24.1. The number of ether oxygens (including phenoxy) is 2. The average molecular weight is 485 g/mol. The van der Waals surface area contributed by atoms with E-state index in [1.807, 2.05) is 18.2 Å². The van der Waals surface area contributed by atoms with Gasteiger partial charge in [-0.3, -0.25) is 4.79 Å². The van der Waals surface area contributed by atoms with Crippen molar-refractivity contribution < 1.29 is 27.1 Å². The van der Waals surface area contributed by atoms with Crippen molar-refractivity contribution in [1.82, 2.24) is 9.62 Å². The summed E-state index contributed by atoms with van der Waals surface area (Å²) in [5.41, 5.74) is 0.761. The Balaban J connectivity index is 1.52. The van der Waals surface area contributed by atoms with E-state index in [0.29, 0.717) is 11.5 Å². The minimum absolute atomic E-state index is 0.0998. The molecular formula is C25H25FN2O5S. The van der Waals surface area contributed by atoms with Gasteiger partial charge in [0.25, 0.3) is 0 Å². The second-order valence-corrected chi connectivity index (χ2v) is 9.69. The maximum Gasteiger partial charge on any atom is 0.244 e. The van der Waals surface area contributed by atoms with Crippen molar-refractivity contribution in [2.24, 2.45) is 0 Å². The van der Waals surface area contributed by atoms with Gasteiger partial charge in [0.15, 0.2) is 17.6 Å². The van der Waals surface area contributed by atoms with Crippen LogP contribution in [0, 0.1) is 5.82 Å². The third kappa shape index (κ3) is 5.55. The van der Waals surface area contributed by atoms with Gasteiger partial charge in [-0.1, -0.05) is 54.6 Å². The molecule has 0 unspecified atom stereocenters. The summed E-state index contributed by atoms with van der Waals surface area (Å²) >= 11 is 0. The number of hydrogen-bond donors (Lipinski definition) is 1. The summed E-state index contributed by atoms with van der Waals surface area (Å²) in [4.78, 5) is 14.3. The number of sulfonamides is 1. The van der Waals surface area contributed by atoms with E-state index in [1.165, 1.54) is 17.0 Å². The number of para-hydroxylation sites is 2. The van der Waals surface area contributed by atoms with Crippen LogP contribution in [0.3, 0.4) is 0 Å². The first-order chi connectivity index (χ1) is 16.3. The predicted molar refractivity (Wildman–Crippen MR) is 125 cm³/mol. The summed E-state index contributed by atoms with van der Waals surface area (Å²) in [6.07, 6.45) is -0.327. The van der Waals surface area contributed by atoms with Crippen molar-refractivity contribution in [3.8, 4) is 11.5 Å². The number of benzene rings is 3. The first-order valence-corrected chi connectivity index (χ1v) is 12.3. The monoisotopic (exact) mass is 484 g/mol. The minimum atomic E-state index is -4.29. The fraction of sp³-hybridized carbons (Fsp3) is 0.240. The van der Waals surface area contributed by atoms with Gasteiger partial charge in [-0.25, -0.2) is 12.8 Å². The van der Waals surface area contributed by atoms with Crippen LogP contribution in [0.1, 0.15) is 5.56 Å². The van der Waals surface area contributed by atoms with Crippen molar-refractivity contribution in [2.45, 2.75) is 23.5 Å². The highest BCUT2D eigenvalue weighted by molar-refractivity contribution is 7.89. The molecule has 4 rings (SSSR count). The molecule has 2 atom stereocenters. The lowest BCUT2D eigenvalue weighted by molar-refractivity contribution is -0.133. The van der Waals surface area contributed by atoms with Gasteiger partial charge < -0.3 is 14.4 Å². The Morgan fingerprint density at radius 1 is 1.03 bits per heavy atom. The number of hydrogen-bond acceptors (Lipinski definition) is 5. The molecular weight excluding hydrogens is 459 g/mol. The van der Waals surface area contributed by atoms with E-state index in [-0.39, 0.29) is 19.6 Å². The highest BCUT2D eigenvalue weighted by atomic mass is 32.2. The number of carbonyl (C=O) groups is 1. The van der Waals surface area contributed by atoms with Gasteiger partial charge in [-0.15, -0.1) is 0 Å². The van der Waals surface area contributed by atoms with E-state index in [2.05, 4.69) is 4.72 Å². The molecule has 1 N–H and O–H groups in total. The van der Waals surface area contributed by atoms with Crippen LogP contribution in [-0.4, -0.2) is 51.6 Å². The molecule has 3 aromatic rings. The molecule has 0 fully saturated rings. The molecule has 0 saturated heterocycles. The fourth-order valence-corrected chi connectivity index (χ4v) is 5.03. The Labute approximate surface area is 198 Å². The molecule has 9 heteroatoms. The molecule has 1 aliphatic heterocycles. The van der Waals surface area contributed by atoms with Crippen LogP contribution in [0.2, 0.25) is 0 Å². The molecule has 7 nitrogen and oxygen atoms in total. The number of halogens is 1. The summed E-state index contributed by atoms with van der Waals surface area (Å²) in [6.45, 7) is 0.429. The van der Waals surface area contributed by atoms with Gasteiger partial charge in [0.05, 0.1) is 6.54 Å². The van der Waals surface area contributed by atoms with Crippen molar-refractivity contribution in [1.29, 1.82) is 0 Å². The van der Waals surface area contributed by atoms with E-state index < -0.39 is 38.8 Å². The predicted octanol–water partition coefficient (Wildman–Crippen LogP) is 3.01. The quantitative estimate of drug-likeness (QED) is 0.531. The van der Waals surface area contributed by atoms with Crippen LogP contribution in [0.25, 0.3) is 0 Å². The molecule has 0 radical (unpaired) electrons. The Kier molecular flexibility index (Phi) is 7.14. The first kappa shape index (κ1) is 23.7. The van der Waals surface area contributed by atoms with Crippen LogP contribution in [0.5, 0.6) is 11.5 Å². The molecule has 0 aromatic heterocycles. The minimum Gasteiger partial charge on any atom is -0.486 e. The Morgan fingerprint density at radius 3 is 2.41 bits per heavy atom. The van der Waals surface area contributed by atoms with Crippen molar-refractivity contribution >= 4 is 15.9 Å². The average Bonchev–Trinajstić information content (AvgIpc) is 2.83. The van der Waals surface area contributed by atoms with Crippen LogP contribution in [0.15, 0.2) is 83.8 Å². The number of nitrogens with zero attached hydrogens (tertiary/aromatic N) is 1. The van der Waals surface area contributed by atoms with Crippen molar-refractivity contribution in [2.75, 3.05) is 20.2 Å². The van der Waals surface area contributed by atoms with E-state index in [0.717, 1.165) is 17.7 Å². The maximum atomic E-state index is 14.2. The number of nitrogens with one attached hydrogen (secondary N) is 1. The van der Waals surface area contributed by atoms with Gasteiger partial charge in [0.1, 0.15) is 23.4 Å². The zero-order valence-corrected chi connectivity index (χ0v) is 19.4. The lowest BCUT2D eigenvalue weighted by Gasteiger charge is -2.31. The summed E-state index contributed by atoms with van der Waals surface area (Å²) < 4.78 is 54.1. The van der Waals surface area contributed by atoms with Gasteiger partial charge in [-0.2, -0.15) is 4.72 Å². The molecule has 1 amide bonds. The molecule has 0 aliphatic carbocycles. The lowest BCUT2D eigenvalue weighted by atomic mass is 10.1. The topological polar surface area (TPSA) is 84.9 Å². The number of carbonyl (C=O) groups excluding carboxylic acids is 1. The molecule has 0 spiro atoms. The van der Waals surface area contributed by atoms with Crippen LogP contribution < -0.4 is 14.2 Å². The molecule has 34 heavy (non-hydrogen) atoms. The van der Waals surface area contributed by atoms with Crippen LogP contribution >= 0.6 is 0 Å². The third-order valence-corrected chi connectivity index (χ3v) is 6.93. The number of fused-ring (bicyclic) bond motifs is 1. The van der Waals surface area contributed by atoms with Crippen LogP contribution in [-0.2, 0) is 21.2 Å². The number of amides is 1. The summed E-state index contributed by atoms with van der Waals surface area (Å²) in [5.74, 6) is -0.139. The first-order valence-electron chi connectivity index (χ1n) is 10.8. The van der Waals surface area contributed by atoms with Crippen LogP contribution in [0.4, 0.5) is 4.39 Å². The van der Waals surface area contributed by atoms with E-state index >= 15 is 0 Å². The lowest BCUT2D eigenvalue weighted by Crippen LogP contribution is -2.51. The Hall–Kier alpha value is -3.43. The van der Waals surface area contributed by atoms with E-state index in [4.69, 9.17) is 9.47 Å². The van der Waals surface area contributed by atoms with Gasteiger partial charge in [-0.05, 0) is 36.2 Å². The number of rotatable bonds is 8. The number of likely N-dealkylation sites (N-methyl/N-ethyl adjacent to an activating group) is 1. The summed E-state index contributed by atoms with van der Waals surface area (Å²) in [7, 11) is -2.72. The van der Waals surface area contributed by atoms with Gasteiger partial charge in [0.2, 0.25) is 15.9 Å². The standard InChI is InChI=1S/C25H25FN2O5S/c1-28(16-19-17-32-22-12-6-7-13-23(22)33-19)25(29)21(15-18-9-3-2-4-10-18)27-34(30,31)24-14-8-5-11-20(24)26/h2-14,19,21,27H,15-17H2,1H3/t19-,21+/m0/s1. The summed E-state index contributed by atoms with van der Waals surface area (Å²) in [5, 5.41) is 0. The molecule has 1 aliphatic rings. The SMILES string of the molecule is CN(C[C@H]1COc2ccccc2O1)C(=O)[C@@H](Cc1ccccc1)NS(=O)(=O)c1ccccc1F. The highest BCUT2D eigenvalue weighted by Gasteiger charge is 2.31. The Morgan fingerprint density at radius 2 is 1.68 bits per heavy atom. The molecule has 3 aromatic carbocycles. The molecule has 178 valence electrons. The highest BCUT2D eigenvalue weighted by Crippen LogP contribution is 2.31. The second-order valence-electron chi connectivity index (χ2n) is 8.01. The van der Waals surface area contributed by atoms with E-state index in [9.17, 15) is 17.6 Å². The largest absolute Gasteiger partial charge is 0.486 e. The van der Waals surface area contributed by atoms with Crippen molar-refractivity contribution in [3.63, 3.8) is 0 Å². The summed E-state index contributed by atoms with van der Waals surface area (Å²) in [6, 6.07) is 20.2. The normalized spacial score (nSPS) is 16.0. The fourth-order valence-electron chi connectivity index (χ4n) is 3.76.